The summed E-state index contributed by atoms with van der Waals surface area (Å²) in [5.41, 5.74) is -2.04. The number of rotatable bonds is 9. The SMILES string of the molecule is CCC=CC1COC(C2CCC(c3cc(F)c(C(F)(F)Oc4ccc(-c5ccc(OC(F)(F)F)c(F)c5)c(F)c4)c(F)c3)CC2)OC1. The summed E-state index contributed by atoms with van der Waals surface area (Å²) in [6.07, 6.45) is -2.62. The van der Waals surface area contributed by atoms with Crippen LogP contribution in [0.15, 0.2) is 60.7 Å². The van der Waals surface area contributed by atoms with Crippen LogP contribution < -0.4 is 9.47 Å². The highest BCUT2D eigenvalue weighted by atomic mass is 19.4. The lowest BCUT2D eigenvalue weighted by Crippen LogP contribution is -2.37. The van der Waals surface area contributed by atoms with E-state index in [1.54, 1.807) is 0 Å². The number of ether oxygens (including phenoxy) is 4. The van der Waals surface area contributed by atoms with Crippen molar-refractivity contribution in [2.75, 3.05) is 13.2 Å². The Morgan fingerprint density at radius 2 is 1.43 bits per heavy atom. The Kier molecular flexibility index (Phi) is 10.4. The Hall–Kier alpha value is -3.71. The van der Waals surface area contributed by atoms with E-state index in [1.807, 2.05) is 6.92 Å². The molecule has 0 aromatic heterocycles. The minimum absolute atomic E-state index is 0.0997. The van der Waals surface area contributed by atoms with Crippen LogP contribution in [0.1, 0.15) is 56.1 Å². The second kappa shape index (κ2) is 14.2. The molecule has 5 rings (SSSR count). The van der Waals surface area contributed by atoms with Crippen LogP contribution in [0.4, 0.5) is 39.5 Å². The van der Waals surface area contributed by atoms with Gasteiger partial charge in [-0.25, -0.2) is 17.6 Å². The lowest BCUT2D eigenvalue weighted by atomic mass is 9.78. The van der Waals surface area contributed by atoms with Gasteiger partial charge in [0, 0.05) is 23.5 Å². The highest BCUT2D eigenvalue weighted by Gasteiger charge is 2.42. The molecule has 0 bridgehead atoms. The molecule has 1 aliphatic carbocycles. The first kappa shape index (κ1) is 34.6. The van der Waals surface area contributed by atoms with Gasteiger partial charge in [-0.3, -0.25) is 0 Å². The molecular weight excluding hydrogens is 643 g/mol. The summed E-state index contributed by atoms with van der Waals surface area (Å²) >= 11 is 0. The van der Waals surface area contributed by atoms with E-state index in [1.165, 1.54) is 0 Å². The molecule has 1 heterocycles. The second-order valence-corrected chi connectivity index (χ2v) is 11.6. The zero-order chi connectivity index (χ0) is 33.9. The number of halogens is 9. The Morgan fingerprint density at radius 3 is 2.00 bits per heavy atom. The van der Waals surface area contributed by atoms with Gasteiger partial charge < -0.3 is 18.9 Å². The number of hydrogen-bond acceptors (Lipinski definition) is 4. The Balaban J connectivity index is 1.23. The van der Waals surface area contributed by atoms with Gasteiger partial charge in [-0.15, -0.1) is 13.2 Å². The third-order valence-electron chi connectivity index (χ3n) is 8.23. The van der Waals surface area contributed by atoms with Gasteiger partial charge in [-0.2, -0.15) is 8.78 Å². The molecule has 4 nitrogen and oxygen atoms in total. The van der Waals surface area contributed by atoms with E-state index in [4.69, 9.17) is 9.47 Å². The van der Waals surface area contributed by atoms with Crippen LogP contribution in [-0.2, 0) is 15.6 Å². The molecule has 47 heavy (non-hydrogen) atoms. The number of hydrogen-bond donors (Lipinski definition) is 0. The van der Waals surface area contributed by atoms with Gasteiger partial charge in [0.2, 0.25) is 0 Å². The van der Waals surface area contributed by atoms with Gasteiger partial charge in [0.15, 0.2) is 17.9 Å². The first-order valence-electron chi connectivity index (χ1n) is 15.1. The molecule has 1 saturated heterocycles. The lowest BCUT2D eigenvalue weighted by Gasteiger charge is -2.37. The lowest BCUT2D eigenvalue weighted by molar-refractivity contribution is -0.275. The van der Waals surface area contributed by atoms with Gasteiger partial charge in [-0.1, -0.05) is 25.1 Å². The molecule has 0 unspecified atom stereocenters. The zero-order valence-electron chi connectivity index (χ0n) is 25.1. The van der Waals surface area contributed by atoms with E-state index >= 15 is 17.6 Å². The van der Waals surface area contributed by atoms with E-state index in [9.17, 15) is 22.0 Å². The largest absolute Gasteiger partial charge is 0.573 e. The molecular formula is C34H31F9O4. The first-order valence-corrected chi connectivity index (χ1v) is 15.1. The van der Waals surface area contributed by atoms with E-state index in [-0.39, 0.29) is 40.7 Å². The van der Waals surface area contributed by atoms with Crippen LogP contribution in [0, 0.1) is 35.1 Å². The number of benzene rings is 3. The Labute approximate surface area is 265 Å². The average molecular weight is 675 g/mol. The molecule has 0 spiro atoms. The number of allylic oxidation sites excluding steroid dienone is 1. The topological polar surface area (TPSA) is 36.9 Å². The maximum absolute atomic E-state index is 15.1. The molecule has 0 N–H and O–H groups in total. The van der Waals surface area contributed by atoms with Crippen molar-refractivity contribution in [1.82, 2.24) is 0 Å². The first-order chi connectivity index (χ1) is 22.2. The van der Waals surface area contributed by atoms with Crippen molar-refractivity contribution in [2.24, 2.45) is 11.8 Å². The molecule has 2 fully saturated rings. The molecule has 3 aromatic carbocycles. The third-order valence-corrected chi connectivity index (χ3v) is 8.23. The summed E-state index contributed by atoms with van der Waals surface area (Å²) in [6.45, 7) is 3.13. The summed E-state index contributed by atoms with van der Waals surface area (Å²) in [4.78, 5) is 0. The predicted molar refractivity (Wildman–Crippen MR) is 153 cm³/mol. The van der Waals surface area contributed by atoms with Crippen molar-refractivity contribution < 1.29 is 58.5 Å². The quantitative estimate of drug-likeness (QED) is 0.167. The highest BCUT2D eigenvalue weighted by molar-refractivity contribution is 5.66. The summed E-state index contributed by atoms with van der Waals surface area (Å²) in [6, 6.07) is 6.03. The normalized spacial score (nSPS) is 22.4. The van der Waals surface area contributed by atoms with Gasteiger partial charge in [0.25, 0.3) is 0 Å². The molecule has 0 amide bonds. The smallest absolute Gasteiger partial charge is 0.429 e. The molecule has 13 heteroatoms. The zero-order valence-corrected chi connectivity index (χ0v) is 25.1. The van der Waals surface area contributed by atoms with E-state index < -0.39 is 52.8 Å². The van der Waals surface area contributed by atoms with Gasteiger partial charge in [0.1, 0.15) is 28.8 Å². The fourth-order valence-corrected chi connectivity index (χ4v) is 5.94. The van der Waals surface area contributed by atoms with Crippen LogP contribution >= 0.6 is 0 Å². The maximum Gasteiger partial charge on any atom is 0.573 e. The second-order valence-electron chi connectivity index (χ2n) is 11.6. The van der Waals surface area contributed by atoms with Gasteiger partial charge >= 0.3 is 12.5 Å². The van der Waals surface area contributed by atoms with Crippen LogP contribution in [-0.4, -0.2) is 25.9 Å². The molecule has 2 aliphatic rings. The molecule has 254 valence electrons. The van der Waals surface area contributed by atoms with Crippen LogP contribution in [0.2, 0.25) is 0 Å². The van der Waals surface area contributed by atoms with Crippen molar-refractivity contribution in [3.8, 4) is 22.6 Å². The maximum atomic E-state index is 15.1. The minimum Gasteiger partial charge on any atom is -0.429 e. The standard InChI is InChI=1S/C34H31F9O4/c1-2-3-4-19-17-44-32(45-18-19)21-7-5-20(6-8-21)23-14-28(37)31(29(38)15-23)33(39,40)46-24-10-11-25(26(35)16-24)22-9-12-30(27(36)13-22)47-34(41,42)43/h3-4,9-16,19-21,32H,2,5-8,17-18H2,1H3. The van der Waals surface area contributed by atoms with Crippen LogP contribution in [0.3, 0.4) is 0 Å². The Bertz CT molecular complexity index is 1550. The monoisotopic (exact) mass is 674 g/mol. The van der Waals surface area contributed by atoms with Crippen molar-refractivity contribution in [1.29, 1.82) is 0 Å². The third kappa shape index (κ3) is 8.42. The molecule has 3 aromatic rings. The van der Waals surface area contributed by atoms with Crippen molar-refractivity contribution in [2.45, 2.75) is 63.7 Å². The van der Waals surface area contributed by atoms with Crippen molar-refractivity contribution >= 4 is 0 Å². The molecule has 1 aliphatic heterocycles. The Morgan fingerprint density at radius 1 is 0.766 bits per heavy atom. The summed E-state index contributed by atoms with van der Waals surface area (Å²) in [5.74, 6) is -7.69. The summed E-state index contributed by atoms with van der Waals surface area (Å²) < 4.78 is 146. The highest BCUT2D eigenvalue weighted by Crippen LogP contribution is 2.42. The van der Waals surface area contributed by atoms with E-state index in [2.05, 4.69) is 21.6 Å². The van der Waals surface area contributed by atoms with E-state index in [0.717, 1.165) is 36.8 Å². The van der Waals surface area contributed by atoms with Gasteiger partial charge in [-0.05, 0) is 85.5 Å². The summed E-state index contributed by atoms with van der Waals surface area (Å²) in [5, 5.41) is 0. The fourth-order valence-electron chi connectivity index (χ4n) is 5.94. The van der Waals surface area contributed by atoms with Crippen LogP contribution in [0.25, 0.3) is 11.1 Å². The minimum atomic E-state index is -5.16. The molecule has 1 saturated carbocycles. The molecule has 0 atom stereocenters. The van der Waals surface area contributed by atoms with Crippen molar-refractivity contribution in [3.05, 3.63) is 95.1 Å². The molecule has 0 radical (unpaired) electrons. The van der Waals surface area contributed by atoms with E-state index in [0.29, 0.717) is 57.1 Å². The van der Waals surface area contributed by atoms with Crippen LogP contribution in [0.5, 0.6) is 11.5 Å². The fraction of sp³-hybridized carbons (Fsp3) is 0.412. The van der Waals surface area contributed by atoms with Crippen molar-refractivity contribution in [3.63, 3.8) is 0 Å². The summed E-state index contributed by atoms with van der Waals surface area (Å²) in [7, 11) is 0. The van der Waals surface area contributed by atoms with Gasteiger partial charge in [0.05, 0.1) is 13.2 Å². The number of alkyl halides is 5. The average Bonchev–Trinajstić information content (AvgIpc) is 3.00. The predicted octanol–water partition coefficient (Wildman–Crippen LogP) is 10.2.